The van der Waals surface area contributed by atoms with E-state index < -0.39 is 10.0 Å². The summed E-state index contributed by atoms with van der Waals surface area (Å²) in [4.78, 5) is 14.9. The van der Waals surface area contributed by atoms with Gasteiger partial charge >= 0.3 is 0 Å². The summed E-state index contributed by atoms with van der Waals surface area (Å²) in [5.74, 6) is 0.445. The molecule has 2 heterocycles. The van der Waals surface area contributed by atoms with Crippen LogP contribution in [0.2, 0.25) is 0 Å². The van der Waals surface area contributed by atoms with E-state index in [1.165, 1.54) is 4.31 Å². The normalized spacial score (nSPS) is 22.8. The van der Waals surface area contributed by atoms with Crippen molar-refractivity contribution in [1.82, 2.24) is 9.21 Å². The highest BCUT2D eigenvalue weighted by Gasteiger charge is 2.30. The molecule has 0 radical (unpaired) electrons. The molecule has 0 saturated carbocycles. The summed E-state index contributed by atoms with van der Waals surface area (Å²) >= 11 is 0. The Morgan fingerprint density at radius 2 is 1.83 bits per heavy atom. The van der Waals surface area contributed by atoms with Crippen molar-refractivity contribution in [1.29, 1.82) is 0 Å². The molecule has 1 amide bonds. The fourth-order valence-corrected chi connectivity index (χ4v) is 5.40. The van der Waals surface area contributed by atoms with E-state index in [1.54, 1.807) is 25.1 Å². The molecule has 2 fully saturated rings. The van der Waals surface area contributed by atoms with E-state index in [1.807, 2.05) is 4.90 Å². The molecule has 0 bridgehead atoms. The Bertz CT molecular complexity index is 724. The van der Waals surface area contributed by atoms with Gasteiger partial charge in [0.1, 0.15) is 0 Å². The third-order valence-corrected chi connectivity index (χ3v) is 7.10. The number of sulfonamides is 1. The van der Waals surface area contributed by atoms with Gasteiger partial charge in [0, 0.05) is 31.7 Å². The highest BCUT2D eigenvalue weighted by atomic mass is 32.2. The average Bonchev–Trinajstić information content (AvgIpc) is 3.10. The topological polar surface area (TPSA) is 57.7 Å². The first-order chi connectivity index (χ1) is 11.4. The van der Waals surface area contributed by atoms with Gasteiger partial charge in [-0.25, -0.2) is 8.42 Å². The molecule has 1 unspecified atom stereocenters. The number of benzene rings is 1. The minimum absolute atomic E-state index is 0.0561. The van der Waals surface area contributed by atoms with Crippen LogP contribution in [-0.2, 0) is 10.0 Å². The third kappa shape index (κ3) is 3.35. The summed E-state index contributed by atoms with van der Waals surface area (Å²) in [5, 5.41) is 0. The van der Waals surface area contributed by atoms with Crippen molar-refractivity contribution in [3.63, 3.8) is 0 Å². The van der Waals surface area contributed by atoms with Crippen LogP contribution in [0.15, 0.2) is 23.1 Å². The van der Waals surface area contributed by atoms with Crippen molar-refractivity contribution in [3.05, 3.63) is 29.3 Å². The number of likely N-dealkylation sites (tertiary alicyclic amines) is 1. The van der Waals surface area contributed by atoms with Crippen LogP contribution < -0.4 is 0 Å². The number of rotatable bonds is 3. The van der Waals surface area contributed by atoms with Gasteiger partial charge in [0.2, 0.25) is 10.0 Å². The molecule has 0 spiro atoms. The van der Waals surface area contributed by atoms with Gasteiger partial charge in [0.15, 0.2) is 0 Å². The van der Waals surface area contributed by atoms with Crippen LogP contribution >= 0.6 is 0 Å². The Hall–Kier alpha value is -1.40. The minimum atomic E-state index is -3.50. The predicted octanol–water partition coefficient (Wildman–Crippen LogP) is 2.65. The summed E-state index contributed by atoms with van der Waals surface area (Å²) in [6.07, 6.45) is 3.97. The van der Waals surface area contributed by atoms with Crippen molar-refractivity contribution in [2.75, 3.05) is 26.2 Å². The Morgan fingerprint density at radius 3 is 2.50 bits per heavy atom. The fraction of sp³-hybridized carbons (Fsp3) is 0.611. The van der Waals surface area contributed by atoms with Crippen LogP contribution in [-0.4, -0.2) is 49.7 Å². The summed E-state index contributed by atoms with van der Waals surface area (Å²) in [6, 6.07) is 5.08. The maximum atomic E-state index is 12.9. The minimum Gasteiger partial charge on any atom is -0.338 e. The van der Waals surface area contributed by atoms with E-state index in [9.17, 15) is 13.2 Å². The molecular formula is C18H26N2O3S. The van der Waals surface area contributed by atoms with Crippen molar-refractivity contribution >= 4 is 15.9 Å². The molecule has 0 aliphatic carbocycles. The predicted molar refractivity (Wildman–Crippen MR) is 93.5 cm³/mol. The Kier molecular flexibility index (Phi) is 4.97. The lowest BCUT2D eigenvalue weighted by Crippen LogP contribution is -2.39. The van der Waals surface area contributed by atoms with Crippen LogP contribution in [0.1, 0.15) is 48.5 Å². The van der Waals surface area contributed by atoms with Crippen LogP contribution in [0.25, 0.3) is 0 Å². The number of carbonyl (C=O) groups excluding carboxylic acids is 1. The van der Waals surface area contributed by atoms with Crippen LogP contribution in [0.4, 0.5) is 0 Å². The number of hydrogen-bond acceptors (Lipinski definition) is 3. The molecule has 5 nitrogen and oxygen atoms in total. The van der Waals surface area contributed by atoms with Gasteiger partial charge in [-0.05, 0) is 56.2 Å². The molecule has 1 aromatic carbocycles. The molecule has 2 saturated heterocycles. The number of aryl methyl sites for hydroxylation is 1. The van der Waals surface area contributed by atoms with Crippen LogP contribution in [0, 0.1) is 12.8 Å². The van der Waals surface area contributed by atoms with E-state index in [2.05, 4.69) is 6.92 Å². The molecule has 3 rings (SSSR count). The molecule has 0 N–H and O–H groups in total. The second kappa shape index (κ2) is 6.84. The quantitative estimate of drug-likeness (QED) is 0.842. The third-order valence-electron chi connectivity index (χ3n) is 5.06. The molecular weight excluding hydrogens is 324 g/mol. The van der Waals surface area contributed by atoms with Crippen molar-refractivity contribution < 1.29 is 13.2 Å². The summed E-state index contributed by atoms with van der Waals surface area (Å²) in [5.41, 5.74) is 1.18. The molecule has 2 aliphatic heterocycles. The lowest BCUT2D eigenvalue weighted by molar-refractivity contribution is 0.0683. The summed E-state index contributed by atoms with van der Waals surface area (Å²) in [6.45, 7) is 6.59. The molecule has 132 valence electrons. The molecule has 2 aliphatic rings. The highest BCUT2D eigenvalue weighted by Crippen LogP contribution is 2.26. The number of nitrogens with zero attached hydrogens (tertiary/aromatic N) is 2. The zero-order chi connectivity index (χ0) is 17.3. The van der Waals surface area contributed by atoms with E-state index in [-0.39, 0.29) is 10.8 Å². The standard InChI is InChI=1S/C18H26N2O3S/c1-14-6-5-9-19(13-14)18(21)16-8-7-15(2)17(12-16)24(22,23)20-10-3-4-11-20/h7-8,12,14H,3-6,9-11,13H2,1-2H3. The first-order valence-electron chi connectivity index (χ1n) is 8.79. The van der Waals surface area contributed by atoms with Gasteiger partial charge < -0.3 is 4.90 Å². The van der Waals surface area contributed by atoms with E-state index in [4.69, 9.17) is 0 Å². The van der Waals surface area contributed by atoms with E-state index in [0.29, 0.717) is 30.1 Å². The van der Waals surface area contributed by atoms with Gasteiger partial charge in [-0.3, -0.25) is 4.79 Å². The molecule has 1 aromatic rings. The molecule has 0 aromatic heterocycles. The van der Waals surface area contributed by atoms with Gasteiger partial charge in [-0.2, -0.15) is 4.31 Å². The molecule has 24 heavy (non-hydrogen) atoms. The van der Waals surface area contributed by atoms with Gasteiger partial charge in [-0.15, -0.1) is 0 Å². The first kappa shape index (κ1) is 17.4. The second-order valence-corrected chi connectivity index (χ2v) is 9.00. The zero-order valence-electron chi connectivity index (χ0n) is 14.5. The van der Waals surface area contributed by atoms with Gasteiger partial charge in [-0.1, -0.05) is 13.0 Å². The lowest BCUT2D eigenvalue weighted by atomic mass is 9.99. The first-order valence-corrected chi connectivity index (χ1v) is 10.2. The Labute approximate surface area is 144 Å². The maximum absolute atomic E-state index is 12.9. The van der Waals surface area contributed by atoms with Crippen molar-refractivity contribution in [2.24, 2.45) is 5.92 Å². The van der Waals surface area contributed by atoms with Crippen LogP contribution in [0.3, 0.4) is 0 Å². The Morgan fingerprint density at radius 1 is 1.12 bits per heavy atom. The SMILES string of the molecule is Cc1ccc(C(=O)N2CCCC(C)C2)cc1S(=O)(=O)N1CCCC1. The maximum Gasteiger partial charge on any atom is 0.253 e. The number of carbonyl (C=O) groups is 1. The van der Waals surface area contributed by atoms with Gasteiger partial charge in [0.05, 0.1) is 4.90 Å². The van der Waals surface area contributed by atoms with Crippen molar-refractivity contribution in [3.8, 4) is 0 Å². The van der Waals surface area contributed by atoms with Crippen molar-refractivity contribution in [2.45, 2.75) is 44.4 Å². The summed E-state index contributed by atoms with van der Waals surface area (Å²) < 4.78 is 27.3. The van der Waals surface area contributed by atoms with E-state index >= 15 is 0 Å². The highest BCUT2D eigenvalue weighted by molar-refractivity contribution is 7.89. The molecule has 1 atom stereocenters. The van der Waals surface area contributed by atoms with E-state index in [0.717, 1.165) is 38.8 Å². The molecule has 6 heteroatoms. The summed E-state index contributed by atoms with van der Waals surface area (Å²) in [7, 11) is -3.50. The lowest BCUT2D eigenvalue weighted by Gasteiger charge is -2.31. The number of piperidine rings is 1. The zero-order valence-corrected chi connectivity index (χ0v) is 15.3. The Balaban J connectivity index is 1.90. The fourth-order valence-electron chi connectivity index (χ4n) is 3.64. The average molecular weight is 350 g/mol. The number of hydrogen-bond donors (Lipinski definition) is 0. The largest absolute Gasteiger partial charge is 0.338 e. The van der Waals surface area contributed by atoms with Crippen LogP contribution in [0.5, 0.6) is 0 Å². The number of amides is 1. The second-order valence-electron chi connectivity index (χ2n) is 7.09. The smallest absolute Gasteiger partial charge is 0.253 e. The van der Waals surface area contributed by atoms with Gasteiger partial charge in [0.25, 0.3) is 5.91 Å². The monoisotopic (exact) mass is 350 g/mol.